The molecule has 3 N–H and O–H groups in total. The minimum Gasteiger partial charge on any atom is -0.335 e. The summed E-state index contributed by atoms with van der Waals surface area (Å²) in [7, 11) is 0. The number of carbonyl (C=O) groups excluding carboxylic acids is 4. The Morgan fingerprint density at radius 1 is 1.24 bits per heavy atom. The monoisotopic (exact) mass is 408 g/mol. The third kappa shape index (κ3) is 4.36. The van der Waals surface area contributed by atoms with Crippen molar-refractivity contribution in [1.29, 1.82) is 0 Å². The van der Waals surface area contributed by atoms with Gasteiger partial charge in [0.25, 0.3) is 5.91 Å². The fourth-order valence-electron chi connectivity index (χ4n) is 3.66. The summed E-state index contributed by atoms with van der Waals surface area (Å²) in [6.07, 6.45) is 3.46. The Morgan fingerprint density at radius 2 is 1.93 bits per heavy atom. The largest absolute Gasteiger partial charge is 0.335 e. The van der Waals surface area contributed by atoms with Gasteiger partial charge in [-0.1, -0.05) is 12.8 Å². The Kier molecular flexibility index (Phi) is 5.81. The van der Waals surface area contributed by atoms with Gasteiger partial charge in [0.15, 0.2) is 0 Å². The second-order valence-corrected chi connectivity index (χ2v) is 7.39. The van der Waals surface area contributed by atoms with Crippen LogP contribution in [0.2, 0.25) is 0 Å². The van der Waals surface area contributed by atoms with Crippen molar-refractivity contribution >= 4 is 23.9 Å². The van der Waals surface area contributed by atoms with Crippen molar-refractivity contribution in [3.05, 3.63) is 35.4 Å². The number of amides is 6. The van der Waals surface area contributed by atoms with E-state index in [0.717, 1.165) is 48.8 Å². The van der Waals surface area contributed by atoms with Gasteiger partial charge in [-0.25, -0.2) is 18.4 Å². The van der Waals surface area contributed by atoms with E-state index in [0.29, 0.717) is 0 Å². The lowest BCUT2D eigenvalue weighted by Gasteiger charge is -2.22. The van der Waals surface area contributed by atoms with Crippen molar-refractivity contribution in [2.75, 3.05) is 6.54 Å². The van der Waals surface area contributed by atoms with Gasteiger partial charge in [-0.2, -0.15) is 0 Å². The molecule has 1 aliphatic carbocycles. The van der Waals surface area contributed by atoms with Crippen LogP contribution in [0.15, 0.2) is 18.2 Å². The molecule has 0 spiro atoms. The van der Waals surface area contributed by atoms with Crippen LogP contribution in [0.25, 0.3) is 0 Å². The fourth-order valence-corrected chi connectivity index (χ4v) is 3.66. The molecule has 29 heavy (non-hydrogen) atoms. The lowest BCUT2D eigenvalue weighted by atomic mass is 9.91. The molecule has 6 amide bonds. The van der Waals surface area contributed by atoms with Crippen molar-refractivity contribution in [2.45, 2.75) is 50.6 Å². The van der Waals surface area contributed by atoms with Gasteiger partial charge < -0.3 is 10.6 Å². The van der Waals surface area contributed by atoms with Crippen LogP contribution in [0, 0.1) is 11.6 Å². The molecule has 2 aliphatic rings. The molecule has 1 aromatic carbocycles. The number of hydrogen-bond donors (Lipinski definition) is 3. The molecule has 0 aromatic heterocycles. The summed E-state index contributed by atoms with van der Waals surface area (Å²) in [5.74, 6) is -3.07. The Hall–Kier alpha value is -3.04. The normalized spacial score (nSPS) is 22.0. The number of nitrogens with zero attached hydrogens (tertiary/aromatic N) is 1. The first-order chi connectivity index (χ1) is 13.7. The third-order valence-electron chi connectivity index (χ3n) is 5.25. The molecular weight excluding hydrogens is 386 g/mol. The SMILES string of the molecule is CC1(c2cc(F)ccc2F)NC(=O)N(CCC(=O)NC(=O)NC2CCCC2)C1=O. The number of hydrogen-bond acceptors (Lipinski definition) is 4. The number of halogens is 2. The van der Waals surface area contributed by atoms with Crippen molar-refractivity contribution in [3.8, 4) is 0 Å². The summed E-state index contributed by atoms with van der Waals surface area (Å²) in [5, 5.41) is 7.20. The van der Waals surface area contributed by atoms with Gasteiger partial charge in [-0.3, -0.25) is 19.8 Å². The van der Waals surface area contributed by atoms with Crippen LogP contribution in [0.4, 0.5) is 18.4 Å². The molecule has 2 fully saturated rings. The van der Waals surface area contributed by atoms with Crippen LogP contribution in [0.3, 0.4) is 0 Å². The maximum atomic E-state index is 14.1. The molecule has 156 valence electrons. The first-order valence-corrected chi connectivity index (χ1v) is 9.40. The Bertz CT molecular complexity index is 857. The maximum absolute atomic E-state index is 14.1. The maximum Gasteiger partial charge on any atom is 0.325 e. The number of carbonyl (C=O) groups is 4. The minimum atomic E-state index is -1.79. The van der Waals surface area contributed by atoms with Crippen LogP contribution in [-0.2, 0) is 15.1 Å². The number of benzene rings is 1. The summed E-state index contributed by atoms with van der Waals surface area (Å²) in [4.78, 5) is 49.4. The zero-order valence-corrected chi connectivity index (χ0v) is 15.9. The highest BCUT2D eigenvalue weighted by molar-refractivity contribution is 6.07. The summed E-state index contributed by atoms with van der Waals surface area (Å²) in [6.45, 7) is 0.958. The number of urea groups is 2. The average Bonchev–Trinajstić information content (AvgIpc) is 3.23. The van der Waals surface area contributed by atoms with Gasteiger partial charge in [0.1, 0.15) is 17.2 Å². The summed E-state index contributed by atoms with van der Waals surface area (Å²) >= 11 is 0. The van der Waals surface area contributed by atoms with Crippen LogP contribution in [0.1, 0.15) is 44.6 Å². The first kappa shape index (κ1) is 20.7. The van der Waals surface area contributed by atoms with E-state index in [1.165, 1.54) is 6.92 Å². The molecule has 3 rings (SSSR count). The molecule has 10 heteroatoms. The molecule has 1 saturated heterocycles. The number of rotatable bonds is 5. The molecule has 8 nitrogen and oxygen atoms in total. The molecule has 0 radical (unpaired) electrons. The summed E-state index contributed by atoms with van der Waals surface area (Å²) in [5.41, 5.74) is -2.10. The van der Waals surface area contributed by atoms with E-state index in [1.54, 1.807) is 0 Å². The second-order valence-electron chi connectivity index (χ2n) is 7.39. The molecule has 1 saturated carbocycles. The standard InChI is InChI=1S/C19H22F2N4O4/c1-19(13-10-11(20)6-7-14(13)21)16(27)25(18(29)24-19)9-8-15(26)23-17(28)22-12-4-2-3-5-12/h6-7,10,12H,2-5,8-9H2,1H3,(H,24,29)(H2,22,23,26,28). The third-order valence-corrected chi connectivity index (χ3v) is 5.25. The van der Waals surface area contributed by atoms with Crippen molar-refractivity contribution in [3.63, 3.8) is 0 Å². The van der Waals surface area contributed by atoms with Gasteiger partial charge in [-0.05, 0) is 38.0 Å². The van der Waals surface area contributed by atoms with Gasteiger partial charge in [0, 0.05) is 24.6 Å². The highest BCUT2D eigenvalue weighted by atomic mass is 19.1. The highest BCUT2D eigenvalue weighted by Crippen LogP contribution is 2.31. The molecule has 1 atom stereocenters. The lowest BCUT2D eigenvalue weighted by Crippen LogP contribution is -2.45. The molecule has 1 heterocycles. The zero-order valence-electron chi connectivity index (χ0n) is 15.9. The highest BCUT2D eigenvalue weighted by Gasteiger charge is 2.50. The summed E-state index contributed by atoms with van der Waals surface area (Å²) < 4.78 is 27.6. The fraction of sp³-hybridized carbons (Fsp3) is 0.474. The molecule has 1 unspecified atom stereocenters. The van der Waals surface area contributed by atoms with Crippen molar-refractivity contribution < 1.29 is 28.0 Å². The number of nitrogens with one attached hydrogen (secondary N) is 3. The van der Waals surface area contributed by atoms with E-state index in [1.807, 2.05) is 0 Å². The molecule has 0 bridgehead atoms. The van der Waals surface area contributed by atoms with Crippen LogP contribution >= 0.6 is 0 Å². The Labute approximate surface area is 166 Å². The van der Waals surface area contributed by atoms with Crippen LogP contribution in [0.5, 0.6) is 0 Å². The van der Waals surface area contributed by atoms with E-state index in [4.69, 9.17) is 0 Å². The van der Waals surface area contributed by atoms with Crippen molar-refractivity contribution in [2.24, 2.45) is 0 Å². The quantitative estimate of drug-likeness (QED) is 0.647. The Balaban J connectivity index is 1.59. The van der Waals surface area contributed by atoms with Gasteiger partial charge in [-0.15, -0.1) is 0 Å². The zero-order chi connectivity index (χ0) is 21.2. The van der Waals surface area contributed by atoms with E-state index >= 15 is 0 Å². The van der Waals surface area contributed by atoms with Gasteiger partial charge >= 0.3 is 12.1 Å². The van der Waals surface area contributed by atoms with E-state index < -0.39 is 41.0 Å². The first-order valence-electron chi connectivity index (χ1n) is 9.40. The minimum absolute atomic E-state index is 0.0376. The molecule has 1 aliphatic heterocycles. The lowest BCUT2D eigenvalue weighted by molar-refractivity contribution is -0.131. The van der Waals surface area contributed by atoms with E-state index in [9.17, 15) is 28.0 Å². The Morgan fingerprint density at radius 3 is 2.62 bits per heavy atom. The predicted octanol–water partition coefficient (Wildman–Crippen LogP) is 1.89. The molecule has 1 aromatic rings. The van der Waals surface area contributed by atoms with E-state index in [-0.39, 0.29) is 24.6 Å². The van der Waals surface area contributed by atoms with E-state index in [2.05, 4.69) is 16.0 Å². The number of imide groups is 2. The summed E-state index contributed by atoms with van der Waals surface area (Å²) in [6, 6.07) is 1.21. The van der Waals surface area contributed by atoms with Gasteiger partial charge in [0.05, 0.1) is 0 Å². The van der Waals surface area contributed by atoms with Gasteiger partial charge in [0.2, 0.25) is 5.91 Å². The topological polar surface area (TPSA) is 108 Å². The molecular formula is C19H22F2N4O4. The second kappa shape index (κ2) is 8.14. The van der Waals surface area contributed by atoms with Crippen LogP contribution < -0.4 is 16.0 Å². The predicted molar refractivity (Wildman–Crippen MR) is 97.5 cm³/mol. The van der Waals surface area contributed by atoms with Crippen LogP contribution in [-0.4, -0.2) is 41.4 Å². The van der Waals surface area contributed by atoms with Crippen molar-refractivity contribution in [1.82, 2.24) is 20.9 Å². The smallest absolute Gasteiger partial charge is 0.325 e. The average molecular weight is 408 g/mol.